The molecular weight excluding hydrogens is 350 g/mol. The van der Waals surface area contributed by atoms with Gasteiger partial charge >= 0.3 is 0 Å². The average molecular weight is 384 g/mol. The first kappa shape index (κ1) is 20.8. The van der Waals surface area contributed by atoms with Crippen LogP contribution in [0.15, 0.2) is 54.6 Å². The van der Waals surface area contributed by atoms with Crippen molar-refractivity contribution in [2.24, 2.45) is 0 Å². The molecule has 0 amide bonds. The van der Waals surface area contributed by atoms with Crippen LogP contribution in [0.1, 0.15) is 11.1 Å². The third kappa shape index (κ3) is 7.24. The van der Waals surface area contributed by atoms with Crippen LogP contribution in [-0.2, 0) is 13.0 Å². The van der Waals surface area contributed by atoms with E-state index in [4.69, 9.17) is 4.74 Å². The van der Waals surface area contributed by atoms with E-state index >= 15 is 0 Å². The summed E-state index contributed by atoms with van der Waals surface area (Å²) in [6.07, 6.45) is 0.579. The number of benzene rings is 2. The first-order valence-electron chi connectivity index (χ1n) is 10.2. The maximum absolute atomic E-state index is 10.2. The predicted molar refractivity (Wildman–Crippen MR) is 114 cm³/mol. The number of hydrogen-bond acceptors (Lipinski definition) is 5. The van der Waals surface area contributed by atoms with E-state index < -0.39 is 6.10 Å². The van der Waals surface area contributed by atoms with Crippen molar-refractivity contribution in [3.8, 4) is 5.75 Å². The number of likely N-dealkylation sites (N-methyl/N-ethyl adjacent to an activating group) is 1. The van der Waals surface area contributed by atoms with Gasteiger partial charge in [0, 0.05) is 39.3 Å². The van der Waals surface area contributed by atoms with Crippen molar-refractivity contribution >= 4 is 0 Å². The highest BCUT2D eigenvalue weighted by Gasteiger charge is 2.17. The van der Waals surface area contributed by atoms with Gasteiger partial charge in [-0.1, -0.05) is 42.5 Å². The van der Waals surface area contributed by atoms with Crippen molar-refractivity contribution in [3.05, 3.63) is 65.7 Å². The molecule has 1 aliphatic rings. The summed E-state index contributed by atoms with van der Waals surface area (Å²) in [7, 11) is 2.14. The van der Waals surface area contributed by atoms with Crippen LogP contribution in [0.5, 0.6) is 5.75 Å². The Morgan fingerprint density at radius 3 is 2.39 bits per heavy atom. The van der Waals surface area contributed by atoms with E-state index in [9.17, 15) is 5.11 Å². The monoisotopic (exact) mass is 383 g/mol. The van der Waals surface area contributed by atoms with Gasteiger partial charge in [0.15, 0.2) is 0 Å². The fourth-order valence-corrected chi connectivity index (χ4v) is 3.39. The van der Waals surface area contributed by atoms with Gasteiger partial charge in [0.1, 0.15) is 18.5 Å². The highest BCUT2D eigenvalue weighted by Crippen LogP contribution is 2.13. The predicted octanol–water partition coefficient (Wildman–Crippen LogP) is 2.01. The van der Waals surface area contributed by atoms with Crippen LogP contribution >= 0.6 is 0 Å². The van der Waals surface area contributed by atoms with Gasteiger partial charge < -0.3 is 20.1 Å². The van der Waals surface area contributed by atoms with E-state index in [1.165, 1.54) is 11.1 Å². The van der Waals surface area contributed by atoms with E-state index in [0.29, 0.717) is 13.2 Å². The van der Waals surface area contributed by atoms with Crippen molar-refractivity contribution in [2.45, 2.75) is 19.1 Å². The molecule has 0 radical (unpaired) electrons. The third-order valence-corrected chi connectivity index (χ3v) is 5.19. The lowest BCUT2D eigenvalue weighted by molar-refractivity contribution is 0.0505. The number of ether oxygens (including phenoxy) is 1. The SMILES string of the molecule is CN1CCN(C[C@@H](O)COc2ccc(CNCCc3ccccc3)cc2)CC1. The number of rotatable bonds is 10. The van der Waals surface area contributed by atoms with E-state index in [1.807, 2.05) is 18.2 Å². The Morgan fingerprint density at radius 1 is 0.964 bits per heavy atom. The summed E-state index contributed by atoms with van der Waals surface area (Å²) in [5.41, 5.74) is 2.59. The van der Waals surface area contributed by atoms with Crippen LogP contribution in [0.4, 0.5) is 0 Å². The van der Waals surface area contributed by atoms with E-state index in [2.05, 4.69) is 58.6 Å². The van der Waals surface area contributed by atoms with Gasteiger partial charge in [-0.05, 0) is 43.3 Å². The van der Waals surface area contributed by atoms with Gasteiger partial charge in [-0.15, -0.1) is 0 Å². The lowest BCUT2D eigenvalue weighted by atomic mass is 10.1. The molecule has 2 aromatic rings. The van der Waals surface area contributed by atoms with Gasteiger partial charge in [0.05, 0.1) is 0 Å². The summed E-state index contributed by atoms with van der Waals surface area (Å²) in [4.78, 5) is 4.62. The largest absolute Gasteiger partial charge is 0.491 e. The van der Waals surface area contributed by atoms with Gasteiger partial charge in [0.25, 0.3) is 0 Å². The van der Waals surface area contributed by atoms with Crippen LogP contribution < -0.4 is 10.1 Å². The lowest BCUT2D eigenvalue weighted by Gasteiger charge is -2.33. The van der Waals surface area contributed by atoms with E-state index in [1.54, 1.807) is 0 Å². The van der Waals surface area contributed by atoms with Crippen LogP contribution in [0.25, 0.3) is 0 Å². The summed E-state index contributed by atoms with van der Waals surface area (Å²) < 4.78 is 5.76. The van der Waals surface area contributed by atoms with Crippen molar-refractivity contribution in [1.29, 1.82) is 0 Å². The fourth-order valence-electron chi connectivity index (χ4n) is 3.39. The molecular formula is C23H33N3O2. The minimum atomic E-state index is -0.456. The average Bonchev–Trinajstić information content (AvgIpc) is 2.73. The highest BCUT2D eigenvalue weighted by atomic mass is 16.5. The number of piperazine rings is 1. The topological polar surface area (TPSA) is 48.0 Å². The van der Waals surface area contributed by atoms with Gasteiger partial charge in [-0.25, -0.2) is 0 Å². The zero-order valence-electron chi connectivity index (χ0n) is 16.9. The first-order valence-corrected chi connectivity index (χ1v) is 10.2. The van der Waals surface area contributed by atoms with E-state index in [0.717, 1.165) is 51.4 Å². The number of aliphatic hydroxyl groups is 1. The van der Waals surface area contributed by atoms with Crippen molar-refractivity contribution < 1.29 is 9.84 Å². The number of nitrogens with one attached hydrogen (secondary N) is 1. The minimum Gasteiger partial charge on any atom is -0.491 e. The van der Waals surface area contributed by atoms with Crippen molar-refractivity contribution in [2.75, 3.05) is 52.9 Å². The molecule has 5 nitrogen and oxygen atoms in total. The van der Waals surface area contributed by atoms with Crippen molar-refractivity contribution in [1.82, 2.24) is 15.1 Å². The molecule has 0 bridgehead atoms. The molecule has 2 N–H and O–H groups in total. The number of nitrogens with zero attached hydrogens (tertiary/aromatic N) is 2. The van der Waals surface area contributed by atoms with Gasteiger partial charge in [0.2, 0.25) is 0 Å². The normalized spacial score (nSPS) is 16.8. The Labute approximate surface area is 168 Å². The molecule has 0 unspecified atom stereocenters. The van der Waals surface area contributed by atoms with Crippen molar-refractivity contribution in [3.63, 3.8) is 0 Å². The standard InChI is InChI=1S/C23H33N3O2/c1-25-13-15-26(16-14-25)18-22(27)19-28-23-9-7-21(8-10-23)17-24-12-11-20-5-3-2-4-6-20/h2-10,22,24,27H,11-19H2,1H3/t22-/m1/s1. The Bertz CT molecular complexity index is 670. The molecule has 3 rings (SSSR count). The molecule has 1 atom stereocenters. The molecule has 1 fully saturated rings. The van der Waals surface area contributed by atoms with Crippen LogP contribution in [-0.4, -0.2) is 73.9 Å². The second kappa shape index (κ2) is 11.2. The second-order valence-electron chi connectivity index (χ2n) is 7.63. The summed E-state index contributed by atoms with van der Waals surface area (Å²) in [5.74, 6) is 0.811. The zero-order chi connectivity index (χ0) is 19.6. The highest BCUT2D eigenvalue weighted by molar-refractivity contribution is 5.27. The van der Waals surface area contributed by atoms with Crippen LogP contribution in [0.2, 0.25) is 0 Å². The molecule has 0 spiro atoms. The summed E-state index contributed by atoms with van der Waals surface area (Å²) in [6.45, 7) is 6.97. The molecule has 152 valence electrons. The molecule has 1 aliphatic heterocycles. The summed E-state index contributed by atoms with van der Waals surface area (Å²) in [6, 6.07) is 18.7. The number of hydrogen-bond donors (Lipinski definition) is 2. The molecule has 0 aliphatic carbocycles. The molecule has 2 aromatic carbocycles. The van der Waals surface area contributed by atoms with E-state index in [-0.39, 0.29) is 0 Å². The van der Waals surface area contributed by atoms with Gasteiger partial charge in [-0.2, -0.15) is 0 Å². The molecule has 0 saturated carbocycles. The second-order valence-corrected chi connectivity index (χ2v) is 7.63. The smallest absolute Gasteiger partial charge is 0.119 e. The molecule has 1 heterocycles. The van der Waals surface area contributed by atoms with Crippen LogP contribution in [0, 0.1) is 0 Å². The quantitative estimate of drug-likeness (QED) is 0.615. The Balaban J connectivity index is 1.31. The number of β-amino-alcohol motifs (C(OH)–C–C–N with tert-alkyl or cyclic N) is 1. The summed E-state index contributed by atoms with van der Waals surface area (Å²) in [5, 5.41) is 13.7. The van der Waals surface area contributed by atoms with Crippen LogP contribution in [0.3, 0.4) is 0 Å². The third-order valence-electron chi connectivity index (χ3n) is 5.19. The Morgan fingerprint density at radius 2 is 1.68 bits per heavy atom. The molecule has 5 heteroatoms. The molecule has 1 saturated heterocycles. The summed E-state index contributed by atoms with van der Waals surface area (Å²) >= 11 is 0. The zero-order valence-corrected chi connectivity index (χ0v) is 16.9. The molecule has 28 heavy (non-hydrogen) atoms. The fraction of sp³-hybridized carbons (Fsp3) is 0.478. The van der Waals surface area contributed by atoms with Gasteiger partial charge in [-0.3, -0.25) is 4.90 Å². The lowest BCUT2D eigenvalue weighted by Crippen LogP contribution is -2.47. The minimum absolute atomic E-state index is 0.334. The Kier molecular flexibility index (Phi) is 8.30. The maximum Gasteiger partial charge on any atom is 0.119 e. The Hall–Kier alpha value is -1.92. The maximum atomic E-state index is 10.2. The first-order chi connectivity index (χ1) is 13.7. The number of aliphatic hydroxyl groups excluding tert-OH is 1. The molecule has 0 aromatic heterocycles.